The van der Waals surface area contributed by atoms with Crippen molar-refractivity contribution in [1.29, 1.82) is 0 Å². The van der Waals surface area contributed by atoms with Gasteiger partial charge >= 0.3 is 6.03 Å². The molecule has 0 spiro atoms. The lowest BCUT2D eigenvalue weighted by molar-refractivity contribution is 0.262. The second-order valence-electron chi connectivity index (χ2n) is 5.50. The van der Waals surface area contributed by atoms with Gasteiger partial charge in [0.1, 0.15) is 11.5 Å². The van der Waals surface area contributed by atoms with Crippen molar-refractivity contribution in [3.63, 3.8) is 0 Å². The molecular formula is C17H15ClN2O3. The third-order valence-electron chi connectivity index (χ3n) is 3.97. The number of hydrogen-bond donors (Lipinski definition) is 2. The first-order chi connectivity index (χ1) is 11.2. The summed E-state index contributed by atoms with van der Waals surface area (Å²) in [5, 5.41) is 6.27. The lowest BCUT2D eigenvalue weighted by Crippen LogP contribution is -2.20. The van der Waals surface area contributed by atoms with Crippen LogP contribution >= 0.6 is 11.6 Å². The summed E-state index contributed by atoms with van der Waals surface area (Å²) in [4.78, 5) is 12.3. The van der Waals surface area contributed by atoms with Crippen LogP contribution in [0.3, 0.4) is 0 Å². The molecule has 2 aromatic rings. The number of benzene rings is 2. The number of anilines is 2. The molecule has 0 aromatic heterocycles. The first-order valence-corrected chi connectivity index (χ1v) is 7.86. The maximum Gasteiger partial charge on any atom is 0.323 e. The van der Waals surface area contributed by atoms with E-state index in [4.69, 9.17) is 21.1 Å². The Bertz CT molecular complexity index is 759. The van der Waals surface area contributed by atoms with E-state index in [1.807, 2.05) is 6.07 Å². The van der Waals surface area contributed by atoms with E-state index in [0.717, 1.165) is 35.5 Å². The first-order valence-electron chi connectivity index (χ1n) is 7.48. The molecule has 2 aliphatic heterocycles. The Balaban J connectivity index is 1.60. The van der Waals surface area contributed by atoms with Crippen molar-refractivity contribution in [2.24, 2.45) is 0 Å². The number of rotatable bonds is 2. The number of amides is 2. The maximum absolute atomic E-state index is 12.3. The molecule has 0 fully saturated rings. The van der Waals surface area contributed by atoms with E-state index < -0.39 is 0 Å². The maximum atomic E-state index is 12.3. The molecule has 0 unspecified atom stereocenters. The van der Waals surface area contributed by atoms with Crippen molar-refractivity contribution in [2.75, 3.05) is 23.8 Å². The summed E-state index contributed by atoms with van der Waals surface area (Å²) in [6.07, 6.45) is 1.59. The molecule has 0 saturated carbocycles. The summed E-state index contributed by atoms with van der Waals surface area (Å²) < 4.78 is 11.3. The Hall–Kier alpha value is -2.40. The van der Waals surface area contributed by atoms with E-state index in [-0.39, 0.29) is 6.03 Å². The molecule has 0 atom stereocenters. The Morgan fingerprint density at radius 2 is 1.96 bits per heavy atom. The second-order valence-corrected chi connectivity index (χ2v) is 5.94. The van der Waals surface area contributed by atoms with Crippen molar-refractivity contribution in [3.05, 3.63) is 46.5 Å². The number of fused-ring (bicyclic) bond motifs is 2. The number of carbonyl (C=O) groups is 1. The fraction of sp³-hybridized carbons (Fsp3) is 0.235. The van der Waals surface area contributed by atoms with Gasteiger partial charge in [0, 0.05) is 34.7 Å². The molecule has 2 aliphatic rings. The minimum Gasteiger partial charge on any atom is -0.493 e. The molecule has 0 aliphatic carbocycles. The first kappa shape index (κ1) is 14.2. The molecule has 6 heteroatoms. The fourth-order valence-electron chi connectivity index (χ4n) is 2.96. The molecule has 2 heterocycles. The largest absolute Gasteiger partial charge is 0.493 e. The molecule has 0 bridgehead atoms. The standard InChI is InChI=1S/C17H15ClN2O3/c18-11-2-1-3-12(9-11)19-17(21)20-15-13-5-7-22-14(13)8-10-4-6-23-16(10)15/h1-3,8-9H,4-7H2,(H2,19,20,21). The quantitative estimate of drug-likeness (QED) is 0.879. The smallest absolute Gasteiger partial charge is 0.323 e. The van der Waals surface area contributed by atoms with Crippen LogP contribution in [0.2, 0.25) is 5.02 Å². The Kier molecular flexibility index (Phi) is 3.50. The average Bonchev–Trinajstić information content (AvgIpc) is 3.15. The molecule has 23 heavy (non-hydrogen) atoms. The van der Waals surface area contributed by atoms with Gasteiger partial charge in [0.25, 0.3) is 0 Å². The van der Waals surface area contributed by atoms with Gasteiger partial charge < -0.3 is 20.1 Å². The van der Waals surface area contributed by atoms with Gasteiger partial charge in [-0.2, -0.15) is 0 Å². The predicted molar refractivity (Wildman–Crippen MR) is 88.9 cm³/mol. The zero-order chi connectivity index (χ0) is 15.8. The highest BCUT2D eigenvalue weighted by Gasteiger charge is 2.27. The zero-order valence-electron chi connectivity index (χ0n) is 12.3. The highest BCUT2D eigenvalue weighted by molar-refractivity contribution is 6.30. The van der Waals surface area contributed by atoms with Gasteiger partial charge in [-0.3, -0.25) is 0 Å². The molecule has 0 saturated heterocycles. The summed E-state index contributed by atoms with van der Waals surface area (Å²) in [5.74, 6) is 1.60. The van der Waals surface area contributed by atoms with Crippen LogP contribution in [-0.2, 0) is 12.8 Å². The van der Waals surface area contributed by atoms with Crippen LogP contribution in [0.25, 0.3) is 0 Å². The van der Waals surface area contributed by atoms with Crippen molar-refractivity contribution >= 4 is 29.0 Å². The summed E-state index contributed by atoms with van der Waals surface area (Å²) in [6, 6.07) is 8.71. The van der Waals surface area contributed by atoms with Crippen molar-refractivity contribution < 1.29 is 14.3 Å². The Morgan fingerprint density at radius 1 is 1.09 bits per heavy atom. The van der Waals surface area contributed by atoms with E-state index in [2.05, 4.69) is 10.6 Å². The number of hydrogen-bond acceptors (Lipinski definition) is 3. The van der Waals surface area contributed by atoms with Gasteiger partial charge in [0.15, 0.2) is 0 Å². The molecular weight excluding hydrogens is 316 g/mol. The van der Waals surface area contributed by atoms with Crippen LogP contribution in [0.5, 0.6) is 11.5 Å². The third kappa shape index (κ3) is 2.68. The number of carbonyl (C=O) groups excluding carboxylic acids is 1. The normalized spacial score (nSPS) is 14.5. The van der Waals surface area contributed by atoms with Gasteiger partial charge in [-0.05, 0) is 24.3 Å². The molecule has 4 rings (SSSR count). The van der Waals surface area contributed by atoms with Crippen LogP contribution in [-0.4, -0.2) is 19.2 Å². The summed E-state index contributed by atoms with van der Waals surface area (Å²) in [5.41, 5.74) is 3.42. The van der Waals surface area contributed by atoms with Gasteiger partial charge in [-0.25, -0.2) is 4.79 Å². The molecule has 2 aromatic carbocycles. The molecule has 118 valence electrons. The van der Waals surface area contributed by atoms with Gasteiger partial charge in [0.2, 0.25) is 0 Å². The third-order valence-corrected chi connectivity index (χ3v) is 4.21. The number of ether oxygens (including phenoxy) is 2. The van der Waals surface area contributed by atoms with Crippen LogP contribution in [0, 0.1) is 0 Å². The highest BCUT2D eigenvalue weighted by atomic mass is 35.5. The lowest BCUT2D eigenvalue weighted by Gasteiger charge is -2.14. The second kappa shape index (κ2) is 5.66. The molecule has 5 nitrogen and oxygen atoms in total. The molecule has 2 amide bonds. The Morgan fingerprint density at radius 3 is 2.83 bits per heavy atom. The number of urea groups is 1. The minimum absolute atomic E-state index is 0.328. The highest BCUT2D eigenvalue weighted by Crippen LogP contribution is 2.44. The van der Waals surface area contributed by atoms with Crippen LogP contribution < -0.4 is 20.1 Å². The van der Waals surface area contributed by atoms with Crippen LogP contribution in [0.15, 0.2) is 30.3 Å². The SMILES string of the molecule is O=C(Nc1cccc(Cl)c1)Nc1c2c(cc3c1OCC3)OCC2. The van der Waals surface area contributed by atoms with E-state index >= 15 is 0 Å². The number of halogens is 1. The number of nitrogens with one attached hydrogen (secondary N) is 2. The average molecular weight is 331 g/mol. The Labute approximate surface area is 138 Å². The summed E-state index contributed by atoms with van der Waals surface area (Å²) in [7, 11) is 0. The van der Waals surface area contributed by atoms with E-state index in [1.54, 1.807) is 24.3 Å². The van der Waals surface area contributed by atoms with Gasteiger partial charge in [0.05, 0.1) is 18.9 Å². The molecule has 2 N–H and O–H groups in total. The van der Waals surface area contributed by atoms with E-state index in [9.17, 15) is 4.79 Å². The van der Waals surface area contributed by atoms with Crippen molar-refractivity contribution in [2.45, 2.75) is 12.8 Å². The van der Waals surface area contributed by atoms with E-state index in [0.29, 0.717) is 29.6 Å². The lowest BCUT2D eigenvalue weighted by atomic mass is 10.0. The fourth-order valence-corrected chi connectivity index (χ4v) is 3.15. The predicted octanol–water partition coefficient (Wildman–Crippen LogP) is 3.85. The topological polar surface area (TPSA) is 59.6 Å². The monoisotopic (exact) mass is 330 g/mol. The molecule has 0 radical (unpaired) electrons. The van der Waals surface area contributed by atoms with Crippen LogP contribution in [0.4, 0.5) is 16.2 Å². The zero-order valence-corrected chi connectivity index (χ0v) is 13.1. The minimum atomic E-state index is -0.328. The van der Waals surface area contributed by atoms with Gasteiger partial charge in [-0.1, -0.05) is 17.7 Å². The van der Waals surface area contributed by atoms with Crippen LogP contribution in [0.1, 0.15) is 11.1 Å². The summed E-state index contributed by atoms with van der Waals surface area (Å²) in [6.45, 7) is 1.26. The van der Waals surface area contributed by atoms with Crippen molar-refractivity contribution in [1.82, 2.24) is 0 Å². The summed E-state index contributed by atoms with van der Waals surface area (Å²) >= 11 is 5.93. The van der Waals surface area contributed by atoms with Gasteiger partial charge in [-0.15, -0.1) is 0 Å². The van der Waals surface area contributed by atoms with Crippen molar-refractivity contribution in [3.8, 4) is 11.5 Å². The van der Waals surface area contributed by atoms with E-state index in [1.165, 1.54) is 0 Å².